The third-order valence-electron chi connectivity index (χ3n) is 3.36. The maximum atomic E-state index is 4.95. The lowest BCUT2D eigenvalue weighted by molar-refractivity contribution is 0.137. The second-order valence-electron chi connectivity index (χ2n) is 4.07. The van der Waals surface area contributed by atoms with Gasteiger partial charge in [0.1, 0.15) is 4.32 Å². The van der Waals surface area contributed by atoms with Crippen molar-refractivity contribution >= 4 is 29.2 Å². The van der Waals surface area contributed by atoms with Crippen LogP contribution in [-0.4, -0.2) is 10.4 Å². The van der Waals surface area contributed by atoms with Crippen LogP contribution in [0.2, 0.25) is 0 Å². The van der Waals surface area contributed by atoms with Gasteiger partial charge in [0.25, 0.3) is 0 Å². The van der Waals surface area contributed by atoms with Crippen molar-refractivity contribution in [1.82, 2.24) is 5.32 Å². The Labute approximate surface area is 84.7 Å². The van der Waals surface area contributed by atoms with Gasteiger partial charge in [-0.15, -0.1) is 12.6 Å². The minimum Gasteiger partial charge on any atom is -0.368 e. The van der Waals surface area contributed by atoms with E-state index < -0.39 is 0 Å². The topological polar surface area (TPSA) is 12.0 Å². The number of hydrogen-bond donors (Lipinski definition) is 2. The van der Waals surface area contributed by atoms with Gasteiger partial charge in [0.05, 0.1) is 0 Å². The molecule has 3 saturated carbocycles. The highest BCUT2D eigenvalue weighted by Gasteiger charge is 2.35. The van der Waals surface area contributed by atoms with Crippen LogP contribution in [0.4, 0.5) is 0 Å². The van der Waals surface area contributed by atoms with Gasteiger partial charge in [-0.2, -0.15) is 0 Å². The number of hydrogen-bond acceptors (Lipinski definition) is 1. The van der Waals surface area contributed by atoms with Gasteiger partial charge in [0, 0.05) is 6.04 Å². The fraction of sp³-hybridized carbons (Fsp3) is 0.889. The molecule has 0 amide bonds. The summed E-state index contributed by atoms with van der Waals surface area (Å²) in [5.74, 6) is 1.84. The van der Waals surface area contributed by atoms with Crippen molar-refractivity contribution in [3.05, 3.63) is 0 Å². The molecule has 0 aliphatic heterocycles. The highest BCUT2D eigenvalue weighted by atomic mass is 32.1. The average Bonchev–Trinajstić information content (AvgIpc) is 2.05. The van der Waals surface area contributed by atoms with Crippen molar-refractivity contribution < 1.29 is 0 Å². The molecule has 0 heterocycles. The molecule has 3 fully saturated rings. The molecule has 3 aliphatic carbocycles. The molecule has 0 saturated heterocycles. The Balaban J connectivity index is 1.95. The summed E-state index contributed by atoms with van der Waals surface area (Å²) in [7, 11) is 0. The Kier molecular flexibility index (Phi) is 2.60. The minimum absolute atomic E-state index is 0.641. The molecule has 1 unspecified atom stereocenters. The maximum absolute atomic E-state index is 4.95. The largest absolute Gasteiger partial charge is 0.368 e. The van der Waals surface area contributed by atoms with Crippen molar-refractivity contribution in [3.8, 4) is 0 Å². The quantitative estimate of drug-likeness (QED) is 0.499. The normalized spacial score (nSPS) is 39.6. The standard InChI is InChI=1S/C9H15NS2/c11-9(12)10-8-5-6-1-3-7(8)4-2-6/h6-8H,1-5H2,(H2,10,11,12). The highest BCUT2D eigenvalue weighted by Crippen LogP contribution is 2.41. The third-order valence-corrected chi connectivity index (χ3v) is 3.60. The van der Waals surface area contributed by atoms with Gasteiger partial charge in [-0.25, -0.2) is 0 Å². The van der Waals surface area contributed by atoms with Crippen LogP contribution in [0.3, 0.4) is 0 Å². The molecule has 1 atom stereocenters. The molecule has 1 nitrogen and oxygen atoms in total. The summed E-state index contributed by atoms with van der Waals surface area (Å²) in [5, 5.41) is 3.31. The smallest absolute Gasteiger partial charge is 0.130 e. The van der Waals surface area contributed by atoms with Crippen LogP contribution < -0.4 is 5.32 Å². The Morgan fingerprint density at radius 2 is 1.92 bits per heavy atom. The first-order valence-corrected chi connectivity index (χ1v) is 5.60. The van der Waals surface area contributed by atoms with Gasteiger partial charge in [-0.3, -0.25) is 0 Å². The number of thiol groups is 1. The summed E-state index contributed by atoms with van der Waals surface area (Å²) in [6, 6.07) is 0.641. The summed E-state index contributed by atoms with van der Waals surface area (Å²) >= 11 is 9.07. The lowest BCUT2D eigenvalue weighted by Gasteiger charge is -2.42. The van der Waals surface area contributed by atoms with Crippen LogP contribution in [0.1, 0.15) is 32.1 Å². The van der Waals surface area contributed by atoms with E-state index in [2.05, 4.69) is 17.9 Å². The van der Waals surface area contributed by atoms with Crippen LogP contribution in [0.5, 0.6) is 0 Å². The molecule has 0 aromatic heterocycles. The molecule has 3 rings (SSSR count). The number of rotatable bonds is 1. The van der Waals surface area contributed by atoms with E-state index >= 15 is 0 Å². The predicted octanol–water partition coefficient (Wildman–Crippen LogP) is 2.37. The molecule has 0 spiro atoms. The van der Waals surface area contributed by atoms with Crippen molar-refractivity contribution in [1.29, 1.82) is 0 Å². The summed E-state index contributed by atoms with van der Waals surface area (Å²) in [5.41, 5.74) is 0. The Bertz CT molecular complexity index is 185. The zero-order valence-electron chi connectivity index (χ0n) is 7.12. The molecule has 0 radical (unpaired) electrons. The van der Waals surface area contributed by atoms with Crippen molar-refractivity contribution in [2.45, 2.75) is 38.1 Å². The molecule has 1 N–H and O–H groups in total. The van der Waals surface area contributed by atoms with E-state index in [1.807, 2.05) is 0 Å². The monoisotopic (exact) mass is 201 g/mol. The van der Waals surface area contributed by atoms with Crippen LogP contribution in [-0.2, 0) is 0 Å². The highest BCUT2D eigenvalue weighted by molar-refractivity contribution is 8.11. The second-order valence-corrected chi connectivity index (χ2v) is 5.23. The third kappa shape index (κ3) is 1.77. The summed E-state index contributed by atoms with van der Waals surface area (Å²) in [4.78, 5) is 0. The zero-order chi connectivity index (χ0) is 8.55. The van der Waals surface area contributed by atoms with Gasteiger partial charge in [-0.05, 0) is 31.1 Å². The van der Waals surface area contributed by atoms with E-state index in [4.69, 9.17) is 12.2 Å². The lowest BCUT2D eigenvalue weighted by Crippen LogP contribution is -2.45. The fourth-order valence-electron chi connectivity index (χ4n) is 2.71. The van der Waals surface area contributed by atoms with Crippen molar-refractivity contribution in [3.63, 3.8) is 0 Å². The summed E-state index contributed by atoms with van der Waals surface area (Å²) < 4.78 is 0.674. The second kappa shape index (κ2) is 3.54. The van der Waals surface area contributed by atoms with Gasteiger partial charge in [0.15, 0.2) is 0 Å². The van der Waals surface area contributed by atoms with E-state index in [9.17, 15) is 0 Å². The van der Waals surface area contributed by atoms with E-state index in [0.29, 0.717) is 10.4 Å². The van der Waals surface area contributed by atoms with Crippen molar-refractivity contribution in [2.24, 2.45) is 11.8 Å². The SMILES string of the molecule is S=C(S)NC1CC2CCC1CC2. The Hall–Kier alpha value is 0.240. The average molecular weight is 201 g/mol. The predicted molar refractivity (Wildman–Crippen MR) is 58.6 cm³/mol. The number of nitrogens with one attached hydrogen (secondary N) is 1. The first-order valence-electron chi connectivity index (χ1n) is 4.75. The molecule has 68 valence electrons. The number of fused-ring (bicyclic) bond motifs is 3. The number of thiocarbonyl (C=S) groups is 1. The van der Waals surface area contributed by atoms with Gasteiger partial charge in [-0.1, -0.05) is 25.1 Å². The molecule has 2 bridgehead atoms. The van der Waals surface area contributed by atoms with E-state index in [1.165, 1.54) is 32.1 Å². The molecule has 12 heavy (non-hydrogen) atoms. The maximum Gasteiger partial charge on any atom is 0.130 e. The Morgan fingerprint density at radius 3 is 2.33 bits per heavy atom. The van der Waals surface area contributed by atoms with Crippen molar-refractivity contribution in [2.75, 3.05) is 0 Å². The minimum atomic E-state index is 0.641. The fourth-order valence-corrected chi connectivity index (χ4v) is 3.03. The summed E-state index contributed by atoms with van der Waals surface area (Å²) in [6.45, 7) is 0. The van der Waals surface area contributed by atoms with Crippen LogP contribution in [0.15, 0.2) is 0 Å². The Morgan fingerprint density at radius 1 is 1.25 bits per heavy atom. The molecular formula is C9H15NS2. The van der Waals surface area contributed by atoms with Gasteiger partial charge >= 0.3 is 0 Å². The first kappa shape index (κ1) is 8.82. The van der Waals surface area contributed by atoms with Gasteiger partial charge in [0.2, 0.25) is 0 Å². The van der Waals surface area contributed by atoms with Crippen LogP contribution in [0.25, 0.3) is 0 Å². The molecule has 0 aromatic rings. The lowest BCUT2D eigenvalue weighted by atomic mass is 9.68. The van der Waals surface area contributed by atoms with E-state index in [0.717, 1.165) is 11.8 Å². The molecule has 3 aliphatic rings. The molecule has 3 heteroatoms. The first-order chi connectivity index (χ1) is 5.75. The molecule has 0 aromatic carbocycles. The van der Waals surface area contributed by atoms with Crippen LogP contribution in [0, 0.1) is 11.8 Å². The van der Waals surface area contributed by atoms with Gasteiger partial charge < -0.3 is 5.32 Å². The molecular weight excluding hydrogens is 186 g/mol. The van der Waals surface area contributed by atoms with Crippen LogP contribution >= 0.6 is 24.8 Å². The zero-order valence-corrected chi connectivity index (χ0v) is 8.83. The van der Waals surface area contributed by atoms with E-state index in [1.54, 1.807) is 0 Å². The van der Waals surface area contributed by atoms with E-state index in [-0.39, 0.29) is 0 Å². The summed E-state index contributed by atoms with van der Waals surface area (Å²) in [6.07, 6.45) is 7.02.